The van der Waals surface area contributed by atoms with Crippen molar-refractivity contribution in [1.82, 2.24) is 0 Å². The van der Waals surface area contributed by atoms with Gasteiger partial charge in [-0.05, 0) is 112 Å². The topological polar surface area (TPSA) is 3.24 Å². The highest BCUT2D eigenvalue weighted by molar-refractivity contribution is 6.01. The van der Waals surface area contributed by atoms with E-state index in [9.17, 15) is 0 Å². The van der Waals surface area contributed by atoms with Crippen LogP contribution in [0, 0.1) is 20.8 Å². The van der Waals surface area contributed by atoms with Gasteiger partial charge in [0.1, 0.15) is 0 Å². The number of nitrogens with zero attached hydrogens (tertiary/aromatic N) is 1. The molecular weight excluding hydrogens is 567 g/mol. The lowest BCUT2D eigenvalue weighted by molar-refractivity contribution is 0.794. The maximum absolute atomic E-state index is 2.47. The van der Waals surface area contributed by atoms with Crippen molar-refractivity contribution in [3.8, 4) is 33.4 Å². The van der Waals surface area contributed by atoms with Gasteiger partial charge in [0, 0.05) is 16.9 Å². The molecule has 0 radical (unpaired) electrons. The van der Waals surface area contributed by atoms with Crippen molar-refractivity contribution in [3.63, 3.8) is 0 Å². The average molecular weight is 602 g/mol. The van der Waals surface area contributed by atoms with Crippen molar-refractivity contribution in [1.29, 1.82) is 0 Å². The summed E-state index contributed by atoms with van der Waals surface area (Å²) in [6, 6.07) is 58.7. The molecule has 0 unspecified atom stereocenters. The number of hydrogen-bond donors (Lipinski definition) is 0. The minimum absolute atomic E-state index is 0.376. The lowest BCUT2D eigenvalue weighted by Gasteiger charge is -2.32. The molecule has 0 amide bonds. The highest BCUT2D eigenvalue weighted by atomic mass is 15.1. The quantitative estimate of drug-likeness (QED) is 0.194. The molecule has 0 aliphatic heterocycles. The second-order valence-corrected chi connectivity index (χ2v) is 13.1. The molecule has 0 heterocycles. The number of anilines is 3. The predicted molar refractivity (Wildman–Crippen MR) is 197 cm³/mol. The Morgan fingerprint density at radius 3 is 1.53 bits per heavy atom. The molecule has 9 rings (SSSR count). The molecule has 0 N–H and O–H groups in total. The first kappa shape index (κ1) is 27.6. The highest BCUT2D eigenvalue weighted by Gasteiger charge is 2.52. The molecule has 1 heteroatoms. The molecular formula is C46H35N. The van der Waals surface area contributed by atoms with Gasteiger partial charge < -0.3 is 4.90 Å². The minimum atomic E-state index is -0.376. The average Bonchev–Trinajstić information content (AvgIpc) is 3.58. The number of fused-ring (bicyclic) bond motifs is 10. The predicted octanol–water partition coefficient (Wildman–Crippen LogP) is 12.1. The molecule has 0 saturated heterocycles. The second kappa shape index (κ2) is 10.4. The zero-order chi connectivity index (χ0) is 31.7. The summed E-state index contributed by atoms with van der Waals surface area (Å²) in [5.41, 5.74) is 20.2. The Balaban J connectivity index is 1.33. The van der Waals surface area contributed by atoms with Crippen LogP contribution >= 0.6 is 0 Å². The third-order valence-electron chi connectivity index (χ3n) is 10.4. The molecule has 1 nitrogen and oxygen atoms in total. The Kier molecular flexibility index (Phi) is 6.14. The molecule has 1 spiro atoms. The van der Waals surface area contributed by atoms with E-state index in [4.69, 9.17) is 0 Å². The Bertz CT molecular complexity index is 2300. The van der Waals surface area contributed by atoms with Crippen molar-refractivity contribution in [2.75, 3.05) is 4.90 Å². The zero-order valence-electron chi connectivity index (χ0n) is 27.0. The lowest BCUT2D eigenvalue weighted by atomic mass is 9.70. The molecule has 0 fully saturated rings. The number of hydrogen-bond acceptors (Lipinski definition) is 1. The summed E-state index contributed by atoms with van der Waals surface area (Å²) >= 11 is 0. The molecule has 47 heavy (non-hydrogen) atoms. The van der Waals surface area contributed by atoms with E-state index in [0.717, 1.165) is 11.4 Å². The first-order chi connectivity index (χ1) is 23.1. The standard InChI is InChI=1S/C46H35N/c1-30-23-25-33(26-24-30)47(34-27-28-36(32(3)29-34)35-14-5-4-13-31(35)2)44-22-12-21-43-45(44)39-17-8-11-20-42(39)46(43)40-18-9-6-15-37(40)38-16-7-10-19-41(38)46/h4-29H,1-3H3. The van der Waals surface area contributed by atoms with Gasteiger partial charge in [0.15, 0.2) is 0 Å². The molecule has 0 aromatic heterocycles. The third-order valence-corrected chi connectivity index (χ3v) is 10.4. The SMILES string of the molecule is Cc1ccc(N(c2ccc(-c3ccccc3C)c(C)c2)c2cccc3c2-c2ccccc2C32c3ccccc3-c3ccccc32)cc1. The monoisotopic (exact) mass is 601 g/mol. The summed E-state index contributed by atoms with van der Waals surface area (Å²) in [5, 5.41) is 0. The van der Waals surface area contributed by atoms with Gasteiger partial charge in [0.25, 0.3) is 0 Å². The van der Waals surface area contributed by atoms with Gasteiger partial charge in [-0.1, -0.05) is 133 Å². The van der Waals surface area contributed by atoms with E-state index >= 15 is 0 Å². The maximum atomic E-state index is 2.47. The third kappa shape index (κ3) is 3.90. The number of rotatable bonds is 4. The molecule has 7 aromatic rings. The highest BCUT2D eigenvalue weighted by Crippen LogP contribution is 2.64. The van der Waals surface area contributed by atoms with Crippen LogP contribution in [0.5, 0.6) is 0 Å². The number of aryl methyl sites for hydroxylation is 3. The molecule has 2 aliphatic carbocycles. The summed E-state index contributed by atoms with van der Waals surface area (Å²) < 4.78 is 0. The van der Waals surface area contributed by atoms with E-state index in [-0.39, 0.29) is 5.41 Å². The van der Waals surface area contributed by atoms with Crippen molar-refractivity contribution >= 4 is 17.1 Å². The smallest absolute Gasteiger partial charge is 0.0726 e. The molecule has 2 aliphatic rings. The summed E-state index contributed by atoms with van der Waals surface area (Å²) in [6.45, 7) is 6.59. The van der Waals surface area contributed by atoms with E-state index in [0.29, 0.717) is 0 Å². The van der Waals surface area contributed by atoms with E-state index in [2.05, 4.69) is 183 Å². The molecule has 0 atom stereocenters. The van der Waals surface area contributed by atoms with Crippen LogP contribution in [0.25, 0.3) is 33.4 Å². The Morgan fingerprint density at radius 1 is 0.383 bits per heavy atom. The van der Waals surface area contributed by atoms with Crippen LogP contribution in [0.4, 0.5) is 17.1 Å². The van der Waals surface area contributed by atoms with E-state index in [1.54, 1.807) is 0 Å². The minimum Gasteiger partial charge on any atom is -0.310 e. The Morgan fingerprint density at radius 2 is 0.894 bits per heavy atom. The Labute approximate surface area is 277 Å². The van der Waals surface area contributed by atoms with E-state index < -0.39 is 0 Å². The van der Waals surface area contributed by atoms with Crippen LogP contribution in [0.1, 0.15) is 38.9 Å². The van der Waals surface area contributed by atoms with Crippen LogP contribution in [-0.4, -0.2) is 0 Å². The largest absolute Gasteiger partial charge is 0.310 e. The summed E-state index contributed by atoms with van der Waals surface area (Å²) in [5.74, 6) is 0. The Hall–Kier alpha value is -5.66. The van der Waals surface area contributed by atoms with Crippen LogP contribution < -0.4 is 4.90 Å². The van der Waals surface area contributed by atoms with Gasteiger partial charge in [-0.2, -0.15) is 0 Å². The van der Waals surface area contributed by atoms with Crippen molar-refractivity contribution in [2.24, 2.45) is 0 Å². The fourth-order valence-corrected chi connectivity index (χ4v) is 8.40. The van der Waals surface area contributed by atoms with E-state index in [1.165, 1.54) is 78.0 Å². The molecule has 0 bridgehead atoms. The number of benzene rings is 7. The van der Waals surface area contributed by atoms with Crippen LogP contribution in [0.2, 0.25) is 0 Å². The van der Waals surface area contributed by atoms with Crippen LogP contribution in [0.3, 0.4) is 0 Å². The van der Waals surface area contributed by atoms with Crippen LogP contribution in [-0.2, 0) is 5.41 Å². The lowest BCUT2D eigenvalue weighted by Crippen LogP contribution is -2.26. The van der Waals surface area contributed by atoms with Crippen LogP contribution in [0.15, 0.2) is 158 Å². The first-order valence-corrected chi connectivity index (χ1v) is 16.5. The molecule has 0 saturated carbocycles. The van der Waals surface area contributed by atoms with Gasteiger partial charge in [0.05, 0.1) is 11.1 Å². The maximum Gasteiger partial charge on any atom is 0.0726 e. The van der Waals surface area contributed by atoms with Gasteiger partial charge in [0.2, 0.25) is 0 Å². The summed E-state index contributed by atoms with van der Waals surface area (Å²) in [4.78, 5) is 2.47. The normalized spacial score (nSPS) is 13.2. The van der Waals surface area contributed by atoms with Crippen molar-refractivity contribution in [3.05, 3.63) is 197 Å². The second-order valence-electron chi connectivity index (χ2n) is 13.1. The zero-order valence-corrected chi connectivity index (χ0v) is 27.0. The molecule has 224 valence electrons. The van der Waals surface area contributed by atoms with Crippen molar-refractivity contribution in [2.45, 2.75) is 26.2 Å². The van der Waals surface area contributed by atoms with Gasteiger partial charge in [-0.15, -0.1) is 0 Å². The fourth-order valence-electron chi connectivity index (χ4n) is 8.40. The summed E-state index contributed by atoms with van der Waals surface area (Å²) in [6.07, 6.45) is 0. The van der Waals surface area contributed by atoms with Crippen molar-refractivity contribution < 1.29 is 0 Å². The summed E-state index contributed by atoms with van der Waals surface area (Å²) in [7, 11) is 0. The van der Waals surface area contributed by atoms with Gasteiger partial charge in [-0.25, -0.2) is 0 Å². The first-order valence-electron chi connectivity index (χ1n) is 16.5. The van der Waals surface area contributed by atoms with Gasteiger partial charge in [-0.3, -0.25) is 0 Å². The molecule has 7 aromatic carbocycles. The fraction of sp³-hybridized carbons (Fsp3) is 0.0870. The van der Waals surface area contributed by atoms with Gasteiger partial charge >= 0.3 is 0 Å². The van der Waals surface area contributed by atoms with E-state index in [1.807, 2.05) is 0 Å².